The third-order valence-corrected chi connectivity index (χ3v) is 5.15. The Hall–Kier alpha value is -0.0900. The fourth-order valence-electron chi connectivity index (χ4n) is 3.25. The standard InChI is InChI=1S/C15H22BrClN2/c1-3-12-6-4-10(2)19(12)15(9-18)13-7-5-11(17)8-14(13)16/h5,7-8,10,12,15H,3-4,6,9,18H2,1-2H3. The molecule has 0 aromatic heterocycles. The summed E-state index contributed by atoms with van der Waals surface area (Å²) in [5.74, 6) is 0. The first-order valence-electron chi connectivity index (χ1n) is 7.00. The van der Waals surface area contributed by atoms with Crippen LogP contribution in [-0.2, 0) is 0 Å². The van der Waals surface area contributed by atoms with Crippen LogP contribution in [0.4, 0.5) is 0 Å². The van der Waals surface area contributed by atoms with E-state index in [9.17, 15) is 0 Å². The van der Waals surface area contributed by atoms with Gasteiger partial charge in [0, 0.05) is 34.2 Å². The molecule has 0 amide bonds. The molecule has 1 aromatic carbocycles. The van der Waals surface area contributed by atoms with Crippen LogP contribution in [-0.4, -0.2) is 23.5 Å². The molecule has 1 aromatic rings. The predicted molar refractivity (Wildman–Crippen MR) is 85.6 cm³/mol. The van der Waals surface area contributed by atoms with Crippen molar-refractivity contribution in [2.75, 3.05) is 6.54 Å². The Balaban J connectivity index is 2.33. The molecule has 0 bridgehead atoms. The summed E-state index contributed by atoms with van der Waals surface area (Å²) in [5.41, 5.74) is 7.32. The monoisotopic (exact) mass is 344 g/mol. The first kappa shape index (κ1) is 15.3. The molecular weight excluding hydrogens is 324 g/mol. The lowest BCUT2D eigenvalue weighted by Crippen LogP contribution is -2.41. The number of hydrogen-bond acceptors (Lipinski definition) is 2. The minimum atomic E-state index is 0.272. The quantitative estimate of drug-likeness (QED) is 0.878. The van der Waals surface area contributed by atoms with Gasteiger partial charge < -0.3 is 5.73 Å². The van der Waals surface area contributed by atoms with Crippen LogP contribution in [0.1, 0.15) is 44.7 Å². The third kappa shape index (κ3) is 3.15. The number of nitrogens with two attached hydrogens (primary N) is 1. The van der Waals surface area contributed by atoms with Crippen LogP contribution in [0.25, 0.3) is 0 Å². The molecular formula is C15H22BrClN2. The topological polar surface area (TPSA) is 29.3 Å². The Morgan fingerprint density at radius 3 is 2.79 bits per heavy atom. The fraction of sp³-hybridized carbons (Fsp3) is 0.600. The number of halogens is 2. The maximum absolute atomic E-state index is 6.08. The van der Waals surface area contributed by atoms with Crippen molar-refractivity contribution in [3.63, 3.8) is 0 Å². The van der Waals surface area contributed by atoms with Gasteiger partial charge in [0.1, 0.15) is 0 Å². The van der Waals surface area contributed by atoms with E-state index in [2.05, 4.69) is 40.7 Å². The van der Waals surface area contributed by atoms with Crippen molar-refractivity contribution in [2.45, 2.75) is 51.2 Å². The Kier molecular flexibility index (Phi) is 5.29. The van der Waals surface area contributed by atoms with E-state index in [1.807, 2.05) is 12.1 Å². The molecule has 19 heavy (non-hydrogen) atoms. The molecule has 2 rings (SSSR count). The highest BCUT2D eigenvalue weighted by Gasteiger charge is 2.35. The van der Waals surface area contributed by atoms with Crippen LogP contribution in [0.3, 0.4) is 0 Å². The van der Waals surface area contributed by atoms with Crippen LogP contribution < -0.4 is 5.73 Å². The minimum absolute atomic E-state index is 0.272. The first-order chi connectivity index (χ1) is 9.08. The van der Waals surface area contributed by atoms with Gasteiger partial charge in [0.05, 0.1) is 0 Å². The number of hydrogen-bond donors (Lipinski definition) is 1. The van der Waals surface area contributed by atoms with Crippen molar-refractivity contribution in [2.24, 2.45) is 5.73 Å². The number of likely N-dealkylation sites (tertiary alicyclic amines) is 1. The van der Waals surface area contributed by atoms with Crippen LogP contribution in [0.15, 0.2) is 22.7 Å². The fourth-order valence-corrected chi connectivity index (χ4v) is 4.20. The van der Waals surface area contributed by atoms with Crippen LogP contribution in [0, 0.1) is 0 Å². The summed E-state index contributed by atoms with van der Waals surface area (Å²) in [6, 6.07) is 7.52. The molecule has 3 unspecified atom stereocenters. The van der Waals surface area contributed by atoms with Gasteiger partial charge in [-0.15, -0.1) is 0 Å². The van der Waals surface area contributed by atoms with E-state index in [4.69, 9.17) is 17.3 Å². The summed E-state index contributed by atoms with van der Waals surface area (Å²) in [4.78, 5) is 2.59. The molecule has 4 heteroatoms. The van der Waals surface area contributed by atoms with Gasteiger partial charge in [-0.25, -0.2) is 0 Å². The zero-order chi connectivity index (χ0) is 14.0. The van der Waals surface area contributed by atoms with Crippen LogP contribution in [0.2, 0.25) is 5.02 Å². The van der Waals surface area contributed by atoms with E-state index in [0.717, 1.165) is 9.50 Å². The Labute approximate surface area is 129 Å². The maximum Gasteiger partial charge on any atom is 0.0487 e. The number of benzene rings is 1. The zero-order valence-electron chi connectivity index (χ0n) is 11.6. The molecule has 1 heterocycles. The number of rotatable bonds is 4. The summed E-state index contributed by atoms with van der Waals surface area (Å²) in [7, 11) is 0. The molecule has 1 saturated heterocycles. The molecule has 1 aliphatic rings. The van der Waals surface area contributed by atoms with Gasteiger partial charge in [-0.05, 0) is 43.9 Å². The average molecular weight is 346 g/mol. The second kappa shape index (κ2) is 6.57. The second-order valence-electron chi connectivity index (χ2n) is 5.35. The lowest BCUT2D eigenvalue weighted by Gasteiger charge is -2.36. The Morgan fingerprint density at radius 2 is 2.21 bits per heavy atom. The lowest BCUT2D eigenvalue weighted by atomic mass is 10.0. The van der Waals surface area contributed by atoms with Gasteiger partial charge in [0.2, 0.25) is 0 Å². The van der Waals surface area contributed by atoms with Crippen molar-refractivity contribution >= 4 is 27.5 Å². The molecule has 2 N–H and O–H groups in total. The lowest BCUT2D eigenvalue weighted by molar-refractivity contribution is 0.136. The molecule has 1 aliphatic heterocycles. The van der Waals surface area contributed by atoms with E-state index in [1.54, 1.807) is 0 Å². The van der Waals surface area contributed by atoms with Crippen molar-refractivity contribution in [3.05, 3.63) is 33.3 Å². The van der Waals surface area contributed by atoms with Crippen molar-refractivity contribution < 1.29 is 0 Å². The van der Waals surface area contributed by atoms with E-state index in [1.165, 1.54) is 24.8 Å². The highest BCUT2D eigenvalue weighted by Crippen LogP contribution is 2.37. The van der Waals surface area contributed by atoms with E-state index in [0.29, 0.717) is 18.6 Å². The SMILES string of the molecule is CCC1CCC(C)N1C(CN)c1ccc(Cl)cc1Br. The summed E-state index contributed by atoms with van der Waals surface area (Å²) in [6.45, 7) is 5.21. The molecule has 106 valence electrons. The van der Waals surface area contributed by atoms with E-state index in [-0.39, 0.29) is 6.04 Å². The molecule has 1 fully saturated rings. The normalized spacial score (nSPS) is 25.7. The largest absolute Gasteiger partial charge is 0.329 e. The molecule has 0 aliphatic carbocycles. The van der Waals surface area contributed by atoms with E-state index < -0.39 is 0 Å². The van der Waals surface area contributed by atoms with Crippen molar-refractivity contribution in [3.8, 4) is 0 Å². The highest BCUT2D eigenvalue weighted by atomic mass is 79.9. The molecule has 0 spiro atoms. The molecule has 0 radical (unpaired) electrons. The smallest absolute Gasteiger partial charge is 0.0487 e. The van der Waals surface area contributed by atoms with Crippen LogP contribution >= 0.6 is 27.5 Å². The van der Waals surface area contributed by atoms with Crippen LogP contribution in [0.5, 0.6) is 0 Å². The van der Waals surface area contributed by atoms with Gasteiger partial charge >= 0.3 is 0 Å². The zero-order valence-corrected chi connectivity index (χ0v) is 13.9. The van der Waals surface area contributed by atoms with Crippen molar-refractivity contribution in [1.29, 1.82) is 0 Å². The Morgan fingerprint density at radius 1 is 1.47 bits per heavy atom. The van der Waals surface area contributed by atoms with Gasteiger partial charge in [0.15, 0.2) is 0 Å². The Bertz CT molecular complexity index is 438. The maximum atomic E-state index is 6.08. The highest BCUT2D eigenvalue weighted by molar-refractivity contribution is 9.10. The molecule has 2 nitrogen and oxygen atoms in total. The van der Waals surface area contributed by atoms with Gasteiger partial charge in [-0.3, -0.25) is 4.90 Å². The predicted octanol–water partition coefficient (Wildman–Crippen LogP) is 4.37. The summed E-state index contributed by atoms with van der Waals surface area (Å²) < 4.78 is 1.06. The third-order valence-electron chi connectivity index (χ3n) is 4.22. The molecule has 0 saturated carbocycles. The summed E-state index contributed by atoms with van der Waals surface area (Å²) in [5, 5.41) is 0.757. The van der Waals surface area contributed by atoms with Crippen molar-refractivity contribution in [1.82, 2.24) is 4.90 Å². The summed E-state index contributed by atoms with van der Waals surface area (Å²) >= 11 is 9.67. The number of nitrogens with zero attached hydrogens (tertiary/aromatic N) is 1. The summed E-state index contributed by atoms with van der Waals surface area (Å²) in [6.07, 6.45) is 3.73. The molecule has 3 atom stereocenters. The van der Waals surface area contributed by atoms with Gasteiger partial charge in [-0.2, -0.15) is 0 Å². The van der Waals surface area contributed by atoms with E-state index >= 15 is 0 Å². The second-order valence-corrected chi connectivity index (χ2v) is 6.64. The van der Waals surface area contributed by atoms with Gasteiger partial charge in [-0.1, -0.05) is 40.5 Å². The average Bonchev–Trinajstić information content (AvgIpc) is 2.74. The van der Waals surface area contributed by atoms with Gasteiger partial charge in [0.25, 0.3) is 0 Å². The minimum Gasteiger partial charge on any atom is -0.329 e. The first-order valence-corrected chi connectivity index (χ1v) is 8.18.